The first-order valence-corrected chi connectivity index (χ1v) is 11.6. The molecule has 1 atom stereocenters. The van der Waals surface area contributed by atoms with Gasteiger partial charge in [-0.15, -0.1) is 0 Å². The van der Waals surface area contributed by atoms with Crippen LogP contribution in [-0.4, -0.2) is 17.1 Å². The molecule has 33 heavy (non-hydrogen) atoms. The number of carbonyl (C=O) groups is 2. The maximum atomic E-state index is 13.4. The third kappa shape index (κ3) is 5.09. The van der Waals surface area contributed by atoms with Gasteiger partial charge in [0.15, 0.2) is 0 Å². The highest BCUT2D eigenvalue weighted by molar-refractivity contribution is 8.05. The van der Waals surface area contributed by atoms with Crippen LogP contribution in [0.5, 0.6) is 0 Å². The maximum Gasteiger partial charge on any atom is 0.265 e. The number of nitrogens with zero attached hydrogens (tertiary/aromatic N) is 2. The molecule has 6 nitrogen and oxygen atoms in total. The molecule has 2 aromatic carbocycles. The summed E-state index contributed by atoms with van der Waals surface area (Å²) in [5.74, 6) is -0.287. The van der Waals surface area contributed by atoms with E-state index in [4.69, 9.17) is 27.6 Å². The van der Waals surface area contributed by atoms with Crippen molar-refractivity contribution in [2.75, 3.05) is 4.90 Å². The Kier molecular flexibility index (Phi) is 7.09. The average molecular weight is 498 g/mol. The minimum atomic E-state index is -0.591. The first-order chi connectivity index (χ1) is 16.0. The predicted molar refractivity (Wildman–Crippen MR) is 129 cm³/mol. The summed E-state index contributed by atoms with van der Waals surface area (Å²) in [6.07, 6.45) is 1.79. The molecule has 1 saturated heterocycles. The van der Waals surface area contributed by atoms with Crippen molar-refractivity contribution >= 4 is 52.5 Å². The van der Waals surface area contributed by atoms with Crippen LogP contribution in [0.25, 0.3) is 0 Å². The van der Waals surface area contributed by atoms with Crippen molar-refractivity contribution in [3.05, 3.63) is 98.9 Å². The number of anilines is 1. The van der Waals surface area contributed by atoms with Gasteiger partial charge in [0.25, 0.3) is 5.91 Å². The lowest BCUT2D eigenvalue weighted by Crippen LogP contribution is -2.32. The van der Waals surface area contributed by atoms with Gasteiger partial charge in [-0.2, -0.15) is 5.26 Å². The lowest BCUT2D eigenvalue weighted by molar-refractivity contribution is -0.117. The molecule has 0 saturated carbocycles. The number of carbonyl (C=O) groups excluding carboxylic acids is 2. The number of nitriles is 1. The molecular weight excluding hydrogens is 481 g/mol. The standard InChI is InChI=1S/C24H17Cl2N3O3S/c25-16-8-9-20(26)15(11-16)12-21-23(31)29(17-5-2-1-3-6-17)24(33-21)19(13-27)22(30)28-14-18-7-4-10-32-18/h1-11,21H,12,14H2,(H,28,30)/b24-19-/t21-/m0/s1. The van der Waals surface area contributed by atoms with Gasteiger partial charge in [-0.25, -0.2) is 0 Å². The highest BCUT2D eigenvalue weighted by Gasteiger charge is 2.41. The molecule has 4 rings (SSSR count). The van der Waals surface area contributed by atoms with Crippen LogP contribution in [0, 0.1) is 11.3 Å². The molecule has 1 aliphatic rings. The van der Waals surface area contributed by atoms with Crippen molar-refractivity contribution in [1.29, 1.82) is 5.26 Å². The molecule has 0 unspecified atom stereocenters. The zero-order chi connectivity index (χ0) is 23.4. The molecule has 1 N–H and O–H groups in total. The lowest BCUT2D eigenvalue weighted by atomic mass is 10.1. The largest absolute Gasteiger partial charge is 0.467 e. The van der Waals surface area contributed by atoms with Crippen molar-refractivity contribution in [2.45, 2.75) is 18.2 Å². The number of amides is 2. The predicted octanol–water partition coefficient (Wildman–Crippen LogP) is 5.33. The molecule has 166 valence electrons. The fourth-order valence-electron chi connectivity index (χ4n) is 3.37. The molecule has 1 fully saturated rings. The number of hydrogen-bond donors (Lipinski definition) is 1. The molecule has 3 aromatic rings. The van der Waals surface area contributed by atoms with E-state index < -0.39 is 11.2 Å². The van der Waals surface area contributed by atoms with E-state index in [0.717, 1.165) is 11.8 Å². The summed E-state index contributed by atoms with van der Waals surface area (Å²) >= 11 is 13.6. The third-order valence-corrected chi connectivity index (χ3v) is 6.80. The van der Waals surface area contributed by atoms with Crippen LogP contribution in [0.15, 0.2) is 81.9 Å². The number of nitrogens with one attached hydrogen (secondary N) is 1. The molecule has 1 aromatic heterocycles. The monoisotopic (exact) mass is 497 g/mol. The van der Waals surface area contributed by atoms with Crippen molar-refractivity contribution < 1.29 is 14.0 Å². The Balaban J connectivity index is 1.68. The molecular formula is C24H17Cl2N3O3S. The SMILES string of the molecule is N#C/C(C(=O)NCc1ccco1)=C1/S[C@@H](Cc2cc(Cl)ccc2Cl)C(=O)N1c1ccccc1. The Hall–Kier alpha value is -3.18. The van der Waals surface area contributed by atoms with Gasteiger partial charge in [0, 0.05) is 15.7 Å². The highest BCUT2D eigenvalue weighted by Crippen LogP contribution is 2.42. The molecule has 1 aliphatic heterocycles. The minimum Gasteiger partial charge on any atom is -0.467 e. The third-order valence-electron chi connectivity index (χ3n) is 4.94. The maximum absolute atomic E-state index is 13.4. The number of benzene rings is 2. The van der Waals surface area contributed by atoms with Gasteiger partial charge in [-0.1, -0.05) is 53.2 Å². The number of halogens is 2. The van der Waals surface area contributed by atoms with Crippen LogP contribution in [0.3, 0.4) is 0 Å². The van der Waals surface area contributed by atoms with Crippen LogP contribution in [0.4, 0.5) is 5.69 Å². The number of furan rings is 1. The second kappa shape index (κ2) is 10.2. The quantitative estimate of drug-likeness (QED) is 0.367. The zero-order valence-electron chi connectivity index (χ0n) is 17.1. The number of hydrogen-bond acceptors (Lipinski definition) is 5. The average Bonchev–Trinajstić information content (AvgIpc) is 3.44. The Morgan fingerprint density at radius 1 is 1.15 bits per heavy atom. The van der Waals surface area contributed by atoms with Gasteiger partial charge in [0.1, 0.15) is 22.4 Å². The molecule has 0 bridgehead atoms. The van der Waals surface area contributed by atoms with Gasteiger partial charge < -0.3 is 9.73 Å². The van der Waals surface area contributed by atoms with E-state index in [2.05, 4.69) is 5.32 Å². The van der Waals surface area contributed by atoms with Gasteiger partial charge >= 0.3 is 0 Å². The first-order valence-electron chi connectivity index (χ1n) is 9.92. The van der Waals surface area contributed by atoms with Crippen LogP contribution in [-0.2, 0) is 22.6 Å². The van der Waals surface area contributed by atoms with E-state index in [-0.39, 0.29) is 23.1 Å². The number of para-hydroxylation sites is 1. The Labute approximate surface area is 204 Å². The second-order valence-corrected chi connectivity index (χ2v) is 9.14. The molecule has 0 spiro atoms. The van der Waals surface area contributed by atoms with E-state index in [9.17, 15) is 14.9 Å². The van der Waals surface area contributed by atoms with Crippen molar-refractivity contribution in [2.24, 2.45) is 0 Å². The Morgan fingerprint density at radius 2 is 1.94 bits per heavy atom. The van der Waals surface area contributed by atoms with Crippen LogP contribution >= 0.6 is 35.0 Å². The summed E-state index contributed by atoms with van der Waals surface area (Å²) in [5, 5.41) is 13.2. The van der Waals surface area contributed by atoms with E-state index in [0.29, 0.717) is 33.5 Å². The van der Waals surface area contributed by atoms with Gasteiger partial charge in [0.2, 0.25) is 5.91 Å². The summed E-state index contributed by atoms with van der Waals surface area (Å²) in [4.78, 5) is 27.7. The molecule has 0 aliphatic carbocycles. The fourth-order valence-corrected chi connectivity index (χ4v) is 5.05. The number of rotatable bonds is 6. The van der Waals surface area contributed by atoms with E-state index in [1.54, 1.807) is 54.6 Å². The van der Waals surface area contributed by atoms with Crippen molar-refractivity contribution in [3.63, 3.8) is 0 Å². The fraction of sp³-hybridized carbons (Fsp3) is 0.125. The molecule has 0 radical (unpaired) electrons. The first kappa shape index (κ1) is 23.0. The zero-order valence-corrected chi connectivity index (χ0v) is 19.5. The molecule has 2 heterocycles. The Morgan fingerprint density at radius 3 is 2.64 bits per heavy atom. The molecule has 9 heteroatoms. The number of thioether (sulfide) groups is 1. The van der Waals surface area contributed by atoms with Crippen LogP contribution in [0.2, 0.25) is 10.0 Å². The smallest absolute Gasteiger partial charge is 0.265 e. The minimum absolute atomic E-state index is 0.121. The van der Waals surface area contributed by atoms with Gasteiger partial charge in [-0.3, -0.25) is 14.5 Å². The lowest BCUT2D eigenvalue weighted by Gasteiger charge is -2.18. The summed E-state index contributed by atoms with van der Waals surface area (Å²) in [5.41, 5.74) is 1.13. The summed E-state index contributed by atoms with van der Waals surface area (Å²) < 4.78 is 5.23. The summed E-state index contributed by atoms with van der Waals surface area (Å²) in [6.45, 7) is 0.121. The Bertz CT molecular complexity index is 1250. The van der Waals surface area contributed by atoms with Crippen LogP contribution < -0.4 is 10.2 Å². The molecule has 2 amide bonds. The second-order valence-electron chi connectivity index (χ2n) is 7.11. The van der Waals surface area contributed by atoms with Crippen molar-refractivity contribution in [1.82, 2.24) is 5.32 Å². The summed E-state index contributed by atoms with van der Waals surface area (Å²) in [7, 11) is 0. The van der Waals surface area contributed by atoms with Gasteiger partial charge in [-0.05, 0) is 54.4 Å². The summed E-state index contributed by atoms with van der Waals surface area (Å²) in [6, 6.07) is 19.4. The normalized spacial score (nSPS) is 17.1. The van der Waals surface area contributed by atoms with E-state index in [1.807, 2.05) is 12.1 Å². The van der Waals surface area contributed by atoms with E-state index >= 15 is 0 Å². The van der Waals surface area contributed by atoms with Gasteiger partial charge in [0.05, 0.1) is 18.1 Å². The van der Waals surface area contributed by atoms with E-state index in [1.165, 1.54) is 11.2 Å². The van der Waals surface area contributed by atoms with Crippen molar-refractivity contribution in [3.8, 4) is 6.07 Å². The van der Waals surface area contributed by atoms with Crippen LogP contribution in [0.1, 0.15) is 11.3 Å². The topological polar surface area (TPSA) is 86.3 Å². The highest BCUT2D eigenvalue weighted by atomic mass is 35.5.